The molecule has 0 saturated carbocycles. The average molecular weight is 315 g/mol. The smallest absolute Gasteiger partial charge is 0.335 e. The van der Waals surface area contributed by atoms with Crippen molar-refractivity contribution in [3.8, 4) is 0 Å². The van der Waals surface area contributed by atoms with E-state index in [0.29, 0.717) is 19.4 Å². The van der Waals surface area contributed by atoms with E-state index in [1.807, 2.05) is 7.05 Å². The zero-order valence-electron chi connectivity index (χ0n) is 14.7. The molecule has 0 bridgehead atoms. The lowest BCUT2D eigenvalue weighted by Gasteiger charge is -2.19. The first-order valence-electron chi connectivity index (χ1n) is 8.45. The van der Waals surface area contributed by atoms with E-state index < -0.39 is 18.2 Å². The summed E-state index contributed by atoms with van der Waals surface area (Å²) in [4.78, 5) is 23.7. The van der Waals surface area contributed by atoms with Crippen LogP contribution in [0.2, 0.25) is 0 Å². The minimum Gasteiger partial charge on any atom is -0.452 e. The van der Waals surface area contributed by atoms with E-state index in [4.69, 9.17) is 9.47 Å². The predicted molar refractivity (Wildman–Crippen MR) is 87.9 cm³/mol. The largest absolute Gasteiger partial charge is 0.452 e. The van der Waals surface area contributed by atoms with Gasteiger partial charge in [-0.3, -0.25) is 4.79 Å². The van der Waals surface area contributed by atoms with Gasteiger partial charge in [0.25, 0.3) is 0 Å². The molecule has 0 aromatic heterocycles. The van der Waals surface area contributed by atoms with Crippen molar-refractivity contribution in [2.45, 2.75) is 77.4 Å². The third-order valence-corrected chi connectivity index (χ3v) is 3.74. The monoisotopic (exact) mass is 315 g/mol. The molecule has 0 heterocycles. The van der Waals surface area contributed by atoms with Gasteiger partial charge in [0.05, 0.1) is 0 Å². The van der Waals surface area contributed by atoms with Crippen LogP contribution in [0.25, 0.3) is 0 Å². The van der Waals surface area contributed by atoms with Gasteiger partial charge in [0.1, 0.15) is 0 Å². The predicted octanol–water partition coefficient (Wildman–Crippen LogP) is 2.86. The summed E-state index contributed by atoms with van der Waals surface area (Å²) in [5, 5.41) is 2.97. The number of unbranched alkanes of at least 4 members (excludes halogenated alkanes) is 5. The number of ketones is 1. The third kappa shape index (κ3) is 9.90. The van der Waals surface area contributed by atoms with Crippen LogP contribution in [-0.4, -0.2) is 44.7 Å². The number of rotatable bonds is 14. The van der Waals surface area contributed by atoms with Crippen LogP contribution in [0.15, 0.2) is 0 Å². The Morgan fingerprint density at radius 3 is 2.18 bits per heavy atom. The highest BCUT2D eigenvalue weighted by Gasteiger charge is 2.25. The maximum absolute atomic E-state index is 12.0. The van der Waals surface area contributed by atoms with Gasteiger partial charge < -0.3 is 14.8 Å². The first-order chi connectivity index (χ1) is 10.6. The number of esters is 1. The normalized spacial score (nSPS) is 13.6. The second kappa shape index (κ2) is 13.7. The van der Waals surface area contributed by atoms with Gasteiger partial charge in [-0.05, 0) is 39.8 Å². The van der Waals surface area contributed by atoms with Crippen molar-refractivity contribution in [1.82, 2.24) is 5.32 Å². The molecule has 1 N–H and O–H groups in total. The molecule has 5 nitrogen and oxygen atoms in total. The van der Waals surface area contributed by atoms with Gasteiger partial charge in [-0.2, -0.15) is 0 Å². The van der Waals surface area contributed by atoms with E-state index in [-0.39, 0.29) is 5.78 Å². The quantitative estimate of drug-likeness (QED) is 0.394. The highest BCUT2D eigenvalue weighted by molar-refractivity contribution is 5.84. The topological polar surface area (TPSA) is 64.6 Å². The molecule has 0 saturated heterocycles. The van der Waals surface area contributed by atoms with Gasteiger partial charge in [0, 0.05) is 7.11 Å². The van der Waals surface area contributed by atoms with Crippen molar-refractivity contribution < 1.29 is 19.1 Å². The van der Waals surface area contributed by atoms with Crippen molar-refractivity contribution in [3.05, 3.63) is 0 Å². The number of hydrogen-bond donors (Lipinski definition) is 1. The number of carbonyl (C=O) groups excluding carboxylic acids is 2. The third-order valence-electron chi connectivity index (χ3n) is 3.74. The zero-order chi connectivity index (χ0) is 16.8. The summed E-state index contributed by atoms with van der Waals surface area (Å²) in [6.45, 7) is 4.33. The molecule has 0 aliphatic carbocycles. The van der Waals surface area contributed by atoms with Gasteiger partial charge in [-0.25, -0.2) is 4.79 Å². The van der Waals surface area contributed by atoms with Crippen molar-refractivity contribution >= 4 is 11.8 Å². The molecule has 22 heavy (non-hydrogen) atoms. The number of ether oxygens (including phenoxy) is 2. The fraction of sp³-hybridized carbons (Fsp3) is 0.882. The lowest BCUT2D eigenvalue weighted by atomic mass is 10.1. The fourth-order valence-electron chi connectivity index (χ4n) is 2.28. The summed E-state index contributed by atoms with van der Waals surface area (Å²) in [6.07, 6.45) is 6.77. The Kier molecular flexibility index (Phi) is 13.1. The molecule has 0 radical (unpaired) electrons. The zero-order valence-corrected chi connectivity index (χ0v) is 14.7. The highest BCUT2D eigenvalue weighted by atomic mass is 16.6. The van der Waals surface area contributed by atoms with E-state index in [9.17, 15) is 9.59 Å². The number of carbonyl (C=O) groups is 2. The van der Waals surface area contributed by atoms with Crippen LogP contribution in [0.5, 0.6) is 0 Å². The van der Waals surface area contributed by atoms with Crippen LogP contribution < -0.4 is 5.32 Å². The molecule has 0 aliphatic heterocycles. The molecule has 0 rings (SSSR count). The van der Waals surface area contributed by atoms with Gasteiger partial charge in [-0.1, -0.05) is 39.0 Å². The van der Waals surface area contributed by atoms with E-state index >= 15 is 0 Å². The summed E-state index contributed by atoms with van der Waals surface area (Å²) in [5.74, 6) is -0.533. The summed E-state index contributed by atoms with van der Waals surface area (Å²) in [7, 11) is 3.30. The Hall–Kier alpha value is -0.940. The molecule has 130 valence electrons. The SMILES string of the molecule is CCCCCCCC[C@@H](OC(=O)[C@H](CCNC)OC)C(C)=O. The van der Waals surface area contributed by atoms with Crippen LogP contribution >= 0.6 is 0 Å². The minimum atomic E-state index is -0.633. The lowest BCUT2D eigenvalue weighted by Crippen LogP contribution is -2.34. The Morgan fingerprint density at radius 2 is 1.64 bits per heavy atom. The van der Waals surface area contributed by atoms with E-state index in [2.05, 4.69) is 12.2 Å². The molecule has 0 aliphatic rings. The van der Waals surface area contributed by atoms with Crippen LogP contribution in [0.3, 0.4) is 0 Å². The molecule has 0 spiro atoms. The van der Waals surface area contributed by atoms with Crippen LogP contribution in [0.1, 0.15) is 65.2 Å². The number of Topliss-reactive ketones (excluding diaryl/α,β-unsaturated/α-hetero) is 1. The molecule has 2 atom stereocenters. The van der Waals surface area contributed by atoms with Crippen molar-refractivity contribution in [2.24, 2.45) is 0 Å². The molecular weight excluding hydrogens is 282 g/mol. The Labute approximate surface area is 135 Å². The fourth-order valence-corrected chi connectivity index (χ4v) is 2.28. The van der Waals surface area contributed by atoms with Crippen LogP contribution in [-0.2, 0) is 19.1 Å². The highest BCUT2D eigenvalue weighted by Crippen LogP contribution is 2.13. The molecule has 0 aromatic carbocycles. The first-order valence-corrected chi connectivity index (χ1v) is 8.45. The molecule has 5 heteroatoms. The molecule has 0 amide bonds. The first kappa shape index (κ1) is 21.1. The van der Waals surface area contributed by atoms with Crippen molar-refractivity contribution in [2.75, 3.05) is 20.7 Å². The van der Waals surface area contributed by atoms with Crippen LogP contribution in [0.4, 0.5) is 0 Å². The summed E-state index contributed by atoms with van der Waals surface area (Å²) >= 11 is 0. The second-order valence-electron chi connectivity index (χ2n) is 5.71. The average Bonchev–Trinajstić information content (AvgIpc) is 2.50. The molecule has 0 aromatic rings. The van der Waals surface area contributed by atoms with Gasteiger partial charge >= 0.3 is 5.97 Å². The Bertz CT molecular complexity index is 307. The maximum Gasteiger partial charge on any atom is 0.335 e. The Morgan fingerprint density at radius 1 is 1.00 bits per heavy atom. The maximum atomic E-state index is 12.0. The van der Waals surface area contributed by atoms with Crippen LogP contribution in [0, 0.1) is 0 Å². The second-order valence-corrected chi connectivity index (χ2v) is 5.71. The van der Waals surface area contributed by atoms with Gasteiger partial charge in [-0.15, -0.1) is 0 Å². The van der Waals surface area contributed by atoms with Crippen molar-refractivity contribution in [3.63, 3.8) is 0 Å². The number of nitrogens with one attached hydrogen (secondary N) is 1. The van der Waals surface area contributed by atoms with Gasteiger partial charge in [0.15, 0.2) is 18.0 Å². The van der Waals surface area contributed by atoms with Crippen molar-refractivity contribution in [1.29, 1.82) is 0 Å². The van der Waals surface area contributed by atoms with Gasteiger partial charge in [0.2, 0.25) is 0 Å². The van der Waals surface area contributed by atoms with E-state index in [0.717, 1.165) is 12.8 Å². The summed E-state index contributed by atoms with van der Waals surface area (Å²) < 4.78 is 10.5. The van der Waals surface area contributed by atoms with E-state index in [1.54, 1.807) is 0 Å². The summed E-state index contributed by atoms with van der Waals surface area (Å²) in [6, 6.07) is 0. The number of methoxy groups -OCH3 is 1. The number of hydrogen-bond acceptors (Lipinski definition) is 5. The summed E-state index contributed by atoms with van der Waals surface area (Å²) in [5.41, 5.74) is 0. The molecule has 0 unspecified atom stereocenters. The van der Waals surface area contributed by atoms with E-state index in [1.165, 1.54) is 39.7 Å². The molecular formula is C17H33NO4. The Balaban J connectivity index is 4.16. The molecule has 0 fully saturated rings. The lowest BCUT2D eigenvalue weighted by molar-refractivity contribution is -0.165. The standard InChI is InChI=1S/C17H33NO4/c1-5-6-7-8-9-10-11-15(14(2)19)22-17(20)16(21-4)12-13-18-3/h15-16,18H,5-13H2,1-4H3/t15-,16+/m1/s1. The minimum absolute atomic E-state index is 0.0922.